The molecule has 5 rings (SSSR count). The summed E-state index contributed by atoms with van der Waals surface area (Å²) in [6, 6.07) is 13.3. The second-order valence-electron chi connectivity index (χ2n) is 6.68. The molecule has 3 heterocycles. The minimum Gasteiger partial charge on any atom is -0.497 e. The second-order valence-corrected chi connectivity index (χ2v) is 9.12. The van der Waals surface area contributed by atoms with Crippen LogP contribution in [0, 0.1) is 0 Å². The number of fused-ring (bicyclic) bond motifs is 2. The largest absolute Gasteiger partial charge is 0.497 e. The maximum atomic E-state index is 12.8. The predicted octanol–water partition coefficient (Wildman–Crippen LogP) is 5.29. The van der Waals surface area contributed by atoms with Crippen molar-refractivity contribution in [2.45, 2.75) is 5.37 Å². The van der Waals surface area contributed by atoms with E-state index in [1.807, 2.05) is 42.5 Å². The lowest BCUT2D eigenvalue weighted by molar-refractivity contribution is -0.115. The number of nitrogens with zero attached hydrogens (tertiary/aromatic N) is 3. The number of hydrogen-bond acceptors (Lipinski definition) is 7. The summed E-state index contributed by atoms with van der Waals surface area (Å²) in [6.07, 6.45) is 0. The van der Waals surface area contributed by atoms with E-state index in [-0.39, 0.29) is 11.3 Å². The number of thiazole rings is 1. The summed E-state index contributed by atoms with van der Waals surface area (Å²) in [5.74, 6) is 1.85. The zero-order valence-electron chi connectivity index (χ0n) is 16.1. The van der Waals surface area contributed by atoms with Crippen molar-refractivity contribution in [1.82, 2.24) is 9.97 Å². The minimum atomic E-state index is -0.296. The van der Waals surface area contributed by atoms with Crippen molar-refractivity contribution in [3.8, 4) is 11.5 Å². The van der Waals surface area contributed by atoms with Gasteiger partial charge in [0.2, 0.25) is 5.91 Å². The molecule has 0 aliphatic carbocycles. The molecule has 0 spiro atoms. The van der Waals surface area contributed by atoms with Gasteiger partial charge in [-0.15, -0.1) is 11.8 Å². The van der Waals surface area contributed by atoms with Gasteiger partial charge in [0, 0.05) is 10.9 Å². The first-order chi connectivity index (χ1) is 14.6. The van der Waals surface area contributed by atoms with Crippen LogP contribution >= 0.6 is 34.7 Å². The number of pyridine rings is 1. The third kappa shape index (κ3) is 3.25. The maximum Gasteiger partial charge on any atom is 0.240 e. The van der Waals surface area contributed by atoms with Crippen LogP contribution in [0.4, 0.5) is 5.13 Å². The molecular formula is C21H16ClN3O3S2. The van der Waals surface area contributed by atoms with E-state index in [1.165, 1.54) is 23.1 Å². The number of hydrogen-bond donors (Lipinski definition) is 0. The molecule has 1 unspecified atom stereocenters. The lowest BCUT2D eigenvalue weighted by Crippen LogP contribution is -2.27. The van der Waals surface area contributed by atoms with Crippen molar-refractivity contribution in [3.63, 3.8) is 0 Å². The summed E-state index contributed by atoms with van der Waals surface area (Å²) >= 11 is 9.53. The molecule has 4 aromatic rings. The second kappa shape index (κ2) is 7.61. The molecule has 1 aliphatic heterocycles. The number of rotatable bonds is 4. The van der Waals surface area contributed by atoms with Crippen LogP contribution in [-0.2, 0) is 4.79 Å². The van der Waals surface area contributed by atoms with Crippen LogP contribution in [0.15, 0.2) is 42.5 Å². The molecule has 0 bridgehead atoms. The third-order valence-electron chi connectivity index (χ3n) is 4.93. The van der Waals surface area contributed by atoms with Gasteiger partial charge in [0.15, 0.2) is 5.13 Å². The average Bonchev–Trinajstić information content (AvgIpc) is 3.35. The Morgan fingerprint density at radius 2 is 1.77 bits per heavy atom. The number of aromatic nitrogens is 2. The Morgan fingerprint density at radius 3 is 2.53 bits per heavy atom. The Kier molecular flexibility index (Phi) is 4.92. The fourth-order valence-electron chi connectivity index (χ4n) is 3.43. The number of carbonyl (C=O) groups excluding carboxylic acids is 1. The SMILES string of the molecule is COc1ccc2nc(Cl)c(C3SCC(=O)N3c3nc4ccc(OC)cc4s3)cc2c1. The van der Waals surface area contributed by atoms with E-state index in [9.17, 15) is 4.79 Å². The Morgan fingerprint density at radius 1 is 1.03 bits per heavy atom. The lowest BCUT2D eigenvalue weighted by Gasteiger charge is -2.22. The Labute approximate surface area is 185 Å². The molecule has 9 heteroatoms. The summed E-state index contributed by atoms with van der Waals surface area (Å²) in [6.45, 7) is 0. The van der Waals surface area contributed by atoms with Crippen LogP contribution in [0.3, 0.4) is 0 Å². The van der Waals surface area contributed by atoms with E-state index in [1.54, 1.807) is 19.1 Å². The van der Waals surface area contributed by atoms with E-state index in [0.29, 0.717) is 16.0 Å². The zero-order valence-corrected chi connectivity index (χ0v) is 18.5. The molecule has 0 radical (unpaired) electrons. The molecule has 1 aliphatic rings. The fraction of sp³-hybridized carbons (Fsp3) is 0.190. The standard InChI is InChI=1S/C21H16ClN3O3S2/c1-27-12-3-5-15-11(7-12)8-14(19(22)23-15)20-25(18(26)10-29-20)21-24-16-6-4-13(28-2)9-17(16)30-21/h3-9,20H,10H2,1-2H3. The number of amides is 1. The fourth-order valence-corrected chi connectivity index (χ4v) is 6.02. The van der Waals surface area contributed by atoms with E-state index >= 15 is 0 Å². The Balaban J connectivity index is 1.60. The summed E-state index contributed by atoms with van der Waals surface area (Å²) in [5, 5.41) is 1.63. The van der Waals surface area contributed by atoms with Gasteiger partial charge in [-0.2, -0.15) is 0 Å². The van der Waals surface area contributed by atoms with Gasteiger partial charge in [0.1, 0.15) is 22.0 Å². The van der Waals surface area contributed by atoms with Gasteiger partial charge >= 0.3 is 0 Å². The first kappa shape index (κ1) is 19.4. The highest BCUT2D eigenvalue weighted by Gasteiger charge is 2.37. The zero-order chi connectivity index (χ0) is 20.8. The summed E-state index contributed by atoms with van der Waals surface area (Å²) in [4.78, 5) is 23.7. The monoisotopic (exact) mass is 457 g/mol. The average molecular weight is 458 g/mol. The Bertz CT molecular complexity index is 1290. The molecule has 1 saturated heterocycles. The quantitative estimate of drug-likeness (QED) is 0.388. The number of thioether (sulfide) groups is 1. The smallest absolute Gasteiger partial charge is 0.240 e. The van der Waals surface area contributed by atoms with E-state index in [2.05, 4.69) is 9.97 Å². The molecule has 30 heavy (non-hydrogen) atoms. The molecule has 2 aromatic heterocycles. The molecule has 1 amide bonds. The van der Waals surface area contributed by atoms with Gasteiger partial charge < -0.3 is 9.47 Å². The summed E-state index contributed by atoms with van der Waals surface area (Å²) in [7, 11) is 3.25. The molecule has 0 saturated carbocycles. The third-order valence-corrected chi connectivity index (χ3v) is 7.44. The minimum absolute atomic E-state index is 0.00201. The van der Waals surface area contributed by atoms with Crippen LogP contribution < -0.4 is 14.4 Å². The lowest BCUT2D eigenvalue weighted by atomic mass is 10.1. The molecule has 1 fully saturated rings. The number of methoxy groups -OCH3 is 2. The van der Waals surface area contributed by atoms with Gasteiger partial charge in [-0.3, -0.25) is 9.69 Å². The molecule has 152 valence electrons. The number of anilines is 1. The van der Waals surface area contributed by atoms with Gasteiger partial charge in [-0.1, -0.05) is 22.9 Å². The molecule has 0 N–H and O–H groups in total. The van der Waals surface area contributed by atoms with E-state index < -0.39 is 0 Å². The number of benzene rings is 2. The van der Waals surface area contributed by atoms with Crippen LogP contribution in [0.1, 0.15) is 10.9 Å². The molecule has 1 atom stereocenters. The van der Waals surface area contributed by atoms with Crippen molar-refractivity contribution >= 4 is 66.9 Å². The molecule has 6 nitrogen and oxygen atoms in total. The van der Waals surface area contributed by atoms with Crippen LogP contribution in [0.2, 0.25) is 5.15 Å². The molecular weight excluding hydrogens is 442 g/mol. The molecule has 2 aromatic carbocycles. The van der Waals surface area contributed by atoms with Crippen molar-refractivity contribution < 1.29 is 14.3 Å². The van der Waals surface area contributed by atoms with Gasteiger partial charge in [-0.05, 0) is 42.5 Å². The number of ether oxygens (including phenoxy) is 2. The van der Waals surface area contributed by atoms with Crippen molar-refractivity contribution in [2.24, 2.45) is 0 Å². The van der Waals surface area contributed by atoms with Gasteiger partial charge in [0.05, 0.1) is 35.7 Å². The van der Waals surface area contributed by atoms with Crippen molar-refractivity contribution in [3.05, 3.63) is 53.2 Å². The van der Waals surface area contributed by atoms with Gasteiger partial charge in [0.25, 0.3) is 0 Å². The van der Waals surface area contributed by atoms with Gasteiger partial charge in [-0.25, -0.2) is 9.97 Å². The first-order valence-corrected chi connectivity index (χ1v) is 11.3. The summed E-state index contributed by atoms with van der Waals surface area (Å²) < 4.78 is 11.6. The summed E-state index contributed by atoms with van der Waals surface area (Å²) in [5.41, 5.74) is 2.38. The normalized spacial score (nSPS) is 16.6. The number of carbonyl (C=O) groups is 1. The maximum absolute atomic E-state index is 12.8. The van der Waals surface area contributed by atoms with E-state index in [0.717, 1.165) is 38.2 Å². The highest BCUT2D eigenvalue weighted by molar-refractivity contribution is 8.00. The van der Waals surface area contributed by atoms with Crippen molar-refractivity contribution in [1.29, 1.82) is 0 Å². The van der Waals surface area contributed by atoms with Crippen LogP contribution in [-0.4, -0.2) is 35.8 Å². The Hall–Kier alpha value is -2.55. The van der Waals surface area contributed by atoms with E-state index in [4.69, 9.17) is 21.1 Å². The van der Waals surface area contributed by atoms with Crippen molar-refractivity contribution in [2.75, 3.05) is 24.9 Å². The predicted molar refractivity (Wildman–Crippen MR) is 122 cm³/mol. The highest BCUT2D eigenvalue weighted by atomic mass is 35.5. The topological polar surface area (TPSA) is 64.5 Å². The van der Waals surface area contributed by atoms with Crippen LogP contribution in [0.25, 0.3) is 21.1 Å². The van der Waals surface area contributed by atoms with Crippen LogP contribution in [0.5, 0.6) is 11.5 Å². The highest BCUT2D eigenvalue weighted by Crippen LogP contribution is 2.46. The number of halogens is 1. The first-order valence-electron chi connectivity index (χ1n) is 9.10.